The molecule has 6 rings (SSSR count). The summed E-state index contributed by atoms with van der Waals surface area (Å²) in [6, 6.07) is 34.6. The van der Waals surface area contributed by atoms with Gasteiger partial charge in [-0.25, -0.2) is 0 Å². The van der Waals surface area contributed by atoms with Crippen LogP contribution >= 0.6 is 0 Å². The van der Waals surface area contributed by atoms with Crippen molar-refractivity contribution in [1.82, 2.24) is 0 Å². The van der Waals surface area contributed by atoms with Gasteiger partial charge < -0.3 is 9.47 Å². The number of rotatable bonds is 8. The molecule has 0 saturated heterocycles. The lowest BCUT2D eigenvalue weighted by Gasteiger charge is -2.25. The molecule has 0 radical (unpaired) electrons. The average molecular weight is 499 g/mol. The number of ether oxygens (including phenoxy) is 2. The topological polar surface area (TPSA) is 69.7 Å². The maximum atomic E-state index is 14.4. The molecule has 6 aromatic carbocycles. The summed E-state index contributed by atoms with van der Waals surface area (Å²) < 4.78 is 11.1. The first-order valence-corrected chi connectivity index (χ1v) is 12.2. The maximum absolute atomic E-state index is 14.4. The molecule has 5 nitrogen and oxygen atoms in total. The van der Waals surface area contributed by atoms with Crippen LogP contribution in [0.25, 0.3) is 43.1 Å². The van der Waals surface area contributed by atoms with Crippen molar-refractivity contribution in [2.45, 2.75) is 12.2 Å². The molecule has 0 aromatic heterocycles. The van der Waals surface area contributed by atoms with Crippen molar-refractivity contribution in [3.05, 3.63) is 120 Å². The van der Waals surface area contributed by atoms with E-state index in [0.717, 1.165) is 43.1 Å². The Morgan fingerprint density at radius 1 is 0.500 bits per heavy atom. The molecule has 5 heteroatoms. The number of carbonyl (C=O) groups excluding carboxylic acids is 3. The van der Waals surface area contributed by atoms with Crippen LogP contribution in [0.2, 0.25) is 0 Å². The Morgan fingerprint density at radius 2 is 0.789 bits per heavy atom. The van der Waals surface area contributed by atoms with Gasteiger partial charge in [0.05, 0.1) is 0 Å². The molecule has 2 atom stereocenters. The minimum atomic E-state index is -1.31. The SMILES string of the molecule is O=COC(C(=O)C(OC=O)c1c2ccccc2cc2ccccc12)c1c2ccccc2cc2ccccc12. The highest BCUT2D eigenvalue weighted by Crippen LogP contribution is 2.41. The normalized spacial score (nSPS) is 12.8. The predicted molar refractivity (Wildman–Crippen MR) is 148 cm³/mol. The number of hydrogen-bond acceptors (Lipinski definition) is 5. The summed E-state index contributed by atoms with van der Waals surface area (Å²) in [5.41, 5.74) is 1.11. The number of benzene rings is 6. The van der Waals surface area contributed by atoms with Crippen LogP contribution in [-0.4, -0.2) is 18.7 Å². The highest BCUT2D eigenvalue weighted by Gasteiger charge is 2.36. The molecule has 0 N–H and O–H groups in total. The van der Waals surface area contributed by atoms with Crippen LogP contribution in [-0.2, 0) is 23.9 Å². The highest BCUT2D eigenvalue weighted by molar-refractivity contribution is 6.10. The fraction of sp³-hybridized carbons (Fsp3) is 0.0606. The molecule has 0 fully saturated rings. The zero-order valence-electron chi connectivity index (χ0n) is 20.2. The molecule has 0 aliphatic carbocycles. The lowest BCUT2D eigenvalue weighted by Crippen LogP contribution is -2.25. The number of fused-ring (bicyclic) bond motifs is 4. The van der Waals surface area contributed by atoms with E-state index >= 15 is 0 Å². The summed E-state index contributed by atoms with van der Waals surface area (Å²) >= 11 is 0. The van der Waals surface area contributed by atoms with E-state index < -0.39 is 18.0 Å². The number of hydrogen-bond donors (Lipinski definition) is 0. The molecule has 38 heavy (non-hydrogen) atoms. The van der Waals surface area contributed by atoms with E-state index in [1.807, 2.05) is 109 Å². The Balaban J connectivity index is 1.63. The Hall–Kier alpha value is -5.03. The summed E-state index contributed by atoms with van der Waals surface area (Å²) in [5, 5.41) is 6.71. The van der Waals surface area contributed by atoms with Crippen molar-refractivity contribution in [3.63, 3.8) is 0 Å². The van der Waals surface area contributed by atoms with Gasteiger partial charge in [-0.2, -0.15) is 0 Å². The summed E-state index contributed by atoms with van der Waals surface area (Å²) in [4.78, 5) is 38.1. The van der Waals surface area contributed by atoms with Crippen molar-refractivity contribution in [2.24, 2.45) is 0 Å². The molecule has 6 aromatic rings. The monoisotopic (exact) mass is 498 g/mol. The van der Waals surface area contributed by atoms with Crippen LogP contribution in [0.1, 0.15) is 23.3 Å². The van der Waals surface area contributed by atoms with E-state index in [1.54, 1.807) is 0 Å². The van der Waals surface area contributed by atoms with Gasteiger partial charge in [-0.3, -0.25) is 14.4 Å². The Labute approximate surface area is 218 Å². The largest absolute Gasteiger partial charge is 0.451 e. The van der Waals surface area contributed by atoms with Crippen LogP contribution in [0.4, 0.5) is 0 Å². The Morgan fingerprint density at radius 3 is 1.08 bits per heavy atom. The van der Waals surface area contributed by atoms with Crippen LogP contribution < -0.4 is 0 Å². The third-order valence-corrected chi connectivity index (χ3v) is 7.05. The smallest absolute Gasteiger partial charge is 0.294 e. The molecule has 0 aliphatic heterocycles. The van der Waals surface area contributed by atoms with Gasteiger partial charge in [0, 0.05) is 11.1 Å². The van der Waals surface area contributed by atoms with Crippen molar-refractivity contribution >= 4 is 61.8 Å². The van der Waals surface area contributed by atoms with Crippen LogP contribution in [0, 0.1) is 0 Å². The van der Waals surface area contributed by atoms with Crippen molar-refractivity contribution < 1.29 is 23.9 Å². The van der Waals surface area contributed by atoms with Gasteiger partial charge in [0.1, 0.15) is 0 Å². The zero-order valence-corrected chi connectivity index (χ0v) is 20.2. The van der Waals surface area contributed by atoms with E-state index in [1.165, 1.54) is 0 Å². The molecule has 0 aliphatic rings. The van der Waals surface area contributed by atoms with Crippen LogP contribution in [0.15, 0.2) is 109 Å². The van der Waals surface area contributed by atoms with E-state index in [9.17, 15) is 14.4 Å². The van der Waals surface area contributed by atoms with Crippen molar-refractivity contribution in [3.8, 4) is 0 Å². The van der Waals surface area contributed by atoms with Gasteiger partial charge in [-0.15, -0.1) is 0 Å². The first-order chi connectivity index (χ1) is 18.7. The first kappa shape index (κ1) is 23.4. The van der Waals surface area contributed by atoms with E-state index in [0.29, 0.717) is 11.1 Å². The molecule has 0 saturated carbocycles. The lowest BCUT2D eigenvalue weighted by atomic mass is 9.86. The summed E-state index contributed by atoms with van der Waals surface area (Å²) in [5.74, 6) is -0.549. The zero-order chi connectivity index (χ0) is 26.1. The second-order valence-corrected chi connectivity index (χ2v) is 9.09. The molecule has 0 heterocycles. The molecule has 0 amide bonds. The molecule has 184 valence electrons. The van der Waals surface area contributed by atoms with Crippen LogP contribution in [0.5, 0.6) is 0 Å². The summed E-state index contributed by atoms with van der Waals surface area (Å²) in [6.07, 6.45) is -2.63. The van der Waals surface area contributed by atoms with Gasteiger partial charge in [0.2, 0.25) is 5.78 Å². The Bertz CT molecular complexity index is 1610. The van der Waals surface area contributed by atoms with E-state index in [2.05, 4.69) is 0 Å². The Kier molecular flexibility index (Phi) is 6.02. The second kappa shape index (κ2) is 9.79. The third-order valence-electron chi connectivity index (χ3n) is 7.05. The van der Waals surface area contributed by atoms with Gasteiger partial charge in [0.15, 0.2) is 12.2 Å². The fourth-order valence-electron chi connectivity index (χ4n) is 5.47. The number of ketones is 1. The third kappa shape index (κ3) is 3.85. The molecule has 2 unspecified atom stereocenters. The van der Waals surface area contributed by atoms with Gasteiger partial charge >= 0.3 is 0 Å². The quantitative estimate of drug-likeness (QED) is 0.167. The summed E-state index contributed by atoms with van der Waals surface area (Å²) in [6.45, 7) is 0.552. The molecular formula is C33H22O5. The van der Waals surface area contributed by atoms with Crippen LogP contribution in [0.3, 0.4) is 0 Å². The highest BCUT2D eigenvalue weighted by atomic mass is 16.5. The molecule has 0 bridgehead atoms. The predicted octanol–water partition coefficient (Wildman–Crippen LogP) is 7.00. The minimum Gasteiger partial charge on any atom is -0.451 e. The van der Waals surface area contributed by atoms with Crippen molar-refractivity contribution in [2.75, 3.05) is 0 Å². The number of Topliss-reactive ketones (excluding diaryl/α,β-unsaturated/α-hetero) is 1. The molecule has 0 spiro atoms. The van der Waals surface area contributed by atoms with E-state index in [4.69, 9.17) is 9.47 Å². The van der Waals surface area contributed by atoms with Gasteiger partial charge in [0.25, 0.3) is 12.9 Å². The minimum absolute atomic E-state index is 0.276. The van der Waals surface area contributed by atoms with Crippen molar-refractivity contribution in [1.29, 1.82) is 0 Å². The number of carbonyl (C=O) groups is 3. The molecular weight excluding hydrogens is 476 g/mol. The standard InChI is InChI=1S/C33H22O5/c34-19-37-32(29-25-13-5-1-9-21(25)17-22-10-2-6-14-26(22)29)31(36)33(38-20-35)30-27-15-7-3-11-23(27)18-24-12-4-8-16-28(24)30/h1-20,32-33H. The van der Waals surface area contributed by atoms with Gasteiger partial charge in [-0.05, 0) is 55.2 Å². The van der Waals surface area contributed by atoms with E-state index in [-0.39, 0.29) is 12.9 Å². The maximum Gasteiger partial charge on any atom is 0.294 e. The fourth-order valence-corrected chi connectivity index (χ4v) is 5.47. The second-order valence-electron chi connectivity index (χ2n) is 9.09. The van der Waals surface area contributed by atoms with Gasteiger partial charge in [-0.1, -0.05) is 97.1 Å². The lowest BCUT2D eigenvalue weighted by molar-refractivity contribution is -0.154. The first-order valence-electron chi connectivity index (χ1n) is 12.2. The summed E-state index contributed by atoms with van der Waals surface area (Å²) in [7, 11) is 0. The average Bonchev–Trinajstić information content (AvgIpc) is 2.96.